The summed E-state index contributed by atoms with van der Waals surface area (Å²) in [5.41, 5.74) is -2.04. The third-order valence-electron chi connectivity index (χ3n) is 6.50. The van der Waals surface area contributed by atoms with Crippen LogP contribution in [0.1, 0.15) is 12.0 Å². The summed E-state index contributed by atoms with van der Waals surface area (Å²) in [6.07, 6.45) is -6.32. The number of sulfonamides is 1. The first-order chi connectivity index (χ1) is 18.0. The molecular formula is C24H22F4N4O4S2. The number of benzene rings is 2. The SMILES string of the molecule is O=C(Nc1csc(-c2ccc(C(F)(F)F)cc2)n1)N1CCC2(OCCN2S(=O)(=O)c2ccccc2)C(F)C1. The highest BCUT2D eigenvalue weighted by Gasteiger charge is 2.57. The maximum atomic E-state index is 15.6. The van der Waals surface area contributed by atoms with Gasteiger partial charge in [0.2, 0.25) is 10.0 Å². The van der Waals surface area contributed by atoms with Crippen molar-refractivity contribution >= 4 is 33.2 Å². The Morgan fingerprint density at radius 1 is 1.11 bits per heavy atom. The average Bonchev–Trinajstić information content (AvgIpc) is 3.54. The van der Waals surface area contributed by atoms with Gasteiger partial charge < -0.3 is 9.64 Å². The number of likely N-dealkylation sites (tertiary alicyclic amines) is 1. The lowest BCUT2D eigenvalue weighted by molar-refractivity contribution is -0.137. The first kappa shape index (κ1) is 26.5. The van der Waals surface area contributed by atoms with E-state index in [0.29, 0.717) is 10.6 Å². The molecule has 38 heavy (non-hydrogen) atoms. The molecule has 1 N–H and O–H groups in total. The Kier molecular flexibility index (Phi) is 6.92. The molecule has 1 spiro atoms. The van der Waals surface area contributed by atoms with E-state index in [0.717, 1.165) is 27.8 Å². The number of hydrogen-bond donors (Lipinski definition) is 1. The molecule has 2 aromatic carbocycles. The number of alkyl halides is 4. The van der Waals surface area contributed by atoms with Crippen molar-refractivity contribution in [2.45, 2.75) is 29.4 Å². The lowest BCUT2D eigenvalue weighted by atomic mass is 9.99. The second-order valence-electron chi connectivity index (χ2n) is 8.79. The van der Waals surface area contributed by atoms with E-state index in [4.69, 9.17) is 4.74 Å². The summed E-state index contributed by atoms with van der Waals surface area (Å²) in [7, 11) is -4.02. The van der Waals surface area contributed by atoms with Gasteiger partial charge in [0.05, 0.1) is 23.6 Å². The predicted octanol–water partition coefficient (Wildman–Crippen LogP) is 4.82. The number of carbonyl (C=O) groups is 1. The molecule has 2 amide bonds. The number of ether oxygens (including phenoxy) is 1. The van der Waals surface area contributed by atoms with Gasteiger partial charge in [-0.3, -0.25) is 5.32 Å². The van der Waals surface area contributed by atoms with Gasteiger partial charge in [0.15, 0.2) is 11.9 Å². The number of nitrogens with one attached hydrogen (secondary N) is 1. The van der Waals surface area contributed by atoms with Gasteiger partial charge in [-0.25, -0.2) is 22.6 Å². The molecule has 0 radical (unpaired) electrons. The van der Waals surface area contributed by atoms with E-state index in [1.807, 2.05) is 0 Å². The van der Waals surface area contributed by atoms with Crippen LogP contribution in [-0.2, 0) is 20.9 Å². The summed E-state index contributed by atoms with van der Waals surface area (Å²) >= 11 is 1.13. The van der Waals surface area contributed by atoms with Crippen LogP contribution < -0.4 is 5.32 Å². The molecule has 0 saturated carbocycles. The highest BCUT2D eigenvalue weighted by Crippen LogP contribution is 2.40. The number of carbonyl (C=O) groups excluding carboxylic acids is 1. The van der Waals surface area contributed by atoms with Crippen LogP contribution in [0.2, 0.25) is 0 Å². The highest BCUT2D eigenvalue weighted by molar-refractivity contribution is 7.89. The molecule has 0 bridgehead atoms. The molecule has 2 unspecified atom stereocenters. The van der Waals surface area contributed by atoms with Gasteiger partial charge >= 0.3 is 12.2 Å². The average molecular weight is 571 g/mol. The minimum atomic E-state index is -4.45. The number of halogens is 4. The zero-order chi connectivity index (χ0) is 27.1. The van der Waals surface area contributed by atoms with Crippen molar-refractivity contribution in [1.29, 1.82) is 0 Å². The Labute approximate surface area is 219 Å². The quantitative estimate of drug-likeness (QED) is 0.454. The van der Waals surface area contributed by atoms with Gasteiger partial charge in [0.1, 0.15) is 10.8 Å². The fourth-order valence-electron chi connectivity index (χ4n) is 4.57. The van der Waals surface area contributed by atoms with Crippen molar-refractivity contribution in [3.63, 3.8) is 0 Å². The number of amides is 2. The summed E-state index contributed by atoms with van der Waals surface area (Å²) < 4.78 is 87.1. The molecule has 8 nitrogen and oxygen atoms in total. The topological polar surface area (TPSA) is 91.8 Å². The van der Waals surface area contributed by atoms with Crippen LogP contribution in [0.4, 0.5) is 28.2 Å². The zero-order valence-corrected chi connectivity index (χ0v) is 21.3. The molecule has 0 aliphatic carbocycles. The van der Waals surface area contributed by atoms with E-state index >= 15 is 4.39 Å². The van der Waals surface area contributed by atoms with Crippen LogP contribution in [0, 0.1) is 0 Å². The molecule has 2 fully saturated rings. The van der Waals surface area contributed by atoms with Crippen molar-refractivity contribution in [3.8, 4) is 10.6 Å². The summed E-state index contributed by atoms with van der Waals surface area (Å²) in [5.74, 6) is 0.163. The Hall–Kier alpha value is -3.07. The van der Waals surface area contributed by atoms with Crippen molar-refractivity contribution in [2.24, 2.45) is 0 Å². The van der Waals surface area contributed by atoms with Crippen LogP contribution in [-0.4, -0.2) is 66.8 Å². The second kappa shape index (κ2) is 9.91. The molecule has 2 saturated heterocycles. The molecule has 5 rings (SSSR count). The summed E-state index contributed by atoms with van der Waals surface area (Å²) in [5, 5.41) is 4.50. The Bertz CT molecular complexity index is 1420. The van der Waals surface area contributed by atoms with Crippen LogP contribution in [0.15, 0.2) is 64.9 Å². The second-order valence-corrected chi connectivity index (χ2v) is 11.5. The van der Waals surface area contributed by atoms with Gasteiger partial charge in [0.25, 0.3) is 0 Å². The number of thiazole rings is 1. The van der Waals surface area contributed by atoms with Gasteiger partial charge in [0, 0.05) is 30.5 Å². The molecule has 202 valence electrons. The Morgan fingerprint density at radius 3 is 2.47 bits per heavy atom. The van der Waals surface area contributed by atoms with Gasteiger partial charge in [-0.1, -0.05) is 30.3 Å². The van der Waals surface area contributed by atoms with E-state index in [1.165, 1.54) is 34.5 Å². The van der Waals surface area contributed by atoms with Crippen molar-refractivity contribution in [3.05, 3.63) is 65.5 Å². The predicted molar refractivity (Wildman–Crippen MR) is 132 cm³/mol. The first-order valence-electron chi connectivity index (χ1n) is 11.6. The summed E-state index contributed by atoms with van der Waals surface area (Å²) in [4.78, 5) is 18.3. The van der Waals surface area contributed by atoms with E-state index < -0.39 is 46.2 Å². The number of aromatic nitrogens is 1. The monoisotopic (exact) mass is 570 g/mol. The van der Waals surface area contributed by atoms with Crippen LogP contribution >= 0.6 is 11.3 Å². The maximum Gasteiger partial charge on any atom is 0.416 e. The van der Waals surface area contributed by atoms with Gasteiger partial charge in [-0.05, 0) is 24.3 Å². The Morgan fingerprint density at radius 2 is 1.82 bits per heavy atom. The largest absolute Gasteiger partial charge is 0.416 e. The standard InChI is InChI=1S/C24H22F4N4O4S2/c25-19-14-31(11-10-23(19)32(12-13-36-23)38(34,35)18-4-2-1-3-5-18)22(33)30-20-15-37-21(29-20)16-6-8-17(9-7-16)24(26,27)28/h1-9,15,19H,10-14H2,(H,30,33). The van der Waals surface area contributed by atoms with Crippen molar-refractivity contribution in [2.75, 3.05) is 31.6 Å². The van der Waals surface area contributed by atoms with E-state index in [1.54, 1.807) is 18.2 Å². The Balaban J connectivity index is 1.25. The number of rotatable bonds is 4. The molecule has 3 heterocycles. The number of urea groups is 1. The molecule has 3 aromatic rings. The number of hydrogen-bond acceptors (Lipinski definition) is 6. The number of piperidine rings is 1. The fraction of sp³-hybridized carbons (Fsp3) is 0.333. The maximum absolute atomic E-state index is 15.6. The molecular weight excluding hydrogens is 548 g/mol. The number of anilines is 1. The minimum absolute atomic E-state index is 0.00457. The summed E-state index contributed by atoms with van der Waals surface area (Å²) in [6, 6.07) is 11.6. The van der Waals surface area contributed by atoms with Crippen LogP contribution in [0.5, 0.6) is 0 Å². The molecule has 2 aliphatic heterocycles. The number of nitrogens with zero attached hydrogens (tertiary/aromatic N) is 3. The van der Waals surface area contributed by atoms with E-state index in [9.17, 15) is 26.4 Å². The first-order valence-corrected chi connectivity index (χ1v) is 13.9. The fourth-order valence-corrected chi connectivity index (χ4v) is 7.06. The smallest absolute Gasteiger partial charge is 0.355 e. The molecule has 2 aliphatic rings. The molecule has 14 heteroatoms. The lowest BCUT2D eigenvalue weighted by Gasteiger charge is -2.44. The third-order valence-corrected chi connectivity index (χ3v) is 9.33. The van der Waals surface area contributed by atoms with E-state index in [2.05, 4.69) is 10.3 Å². The lowest BCUT2D eigenvalue weighted by Crippen LogP contribution is -2.63. The van der Waals surface area contributed by atoms with Crippen molar-refractivity contribution in [1.82, 2.24) is 14.2 Å². The van der Waals surface area contributed by atoms with Crippen molar-refractivity contribution < 1.29 is 35.5 Å². The molecule has 1 aromatic heterocycles. The third kappa shape index (κ3) is 4.88. The van der Waals surface area contributed by atoms with Gasteiger partial charge in [-0.2, -0.15) is 17.5 Å². The van der Waals surface area contributed by atoms with Gasteiger partial charge in [-0.15, -0.1) is 11.3 Å². The van der Waals surface area contributed by atoms with Crippen LogP contribution in [0.3, 0.4) is 0 Å². The molecule has 2 atom stereocenters. The zero-order valence-electron chi connectivity index (χ0n) is 19.7. The van der Waals surface area contributed by atoms with Crippen LogP contribution in [0.25, 0.3) is 10.6 Å². The minimum Gasteiger partial charge on any atom is -0.355 e. The summed E-state index contributed by atoms with van der Waals surface area (Å²) in [6.45, 7) is -0.342. The highest BCUT2D eigenvalue weighted by atomic mass is 32.2. The normalized spacial score (nSPS) is 22.6. The van der Waals surface area contributed by atoms with E-state index in [-0.39, 0.29) is 36.8 Å².